The molecule has 0 radical (unpaired) electrons. The first-order valence-electron chi connectivity index (χ1n) is 7.00. The molecule has 1 aromatic carbocycles. The lowest BCUT2D eigenvalue weighted by Gasteiger charge is -2.20. The molecule has 0 saturated heterocycles. The molecule has 2 rings (SSSR count). The van der Waals surface area contributed by atoms with Crippen LogP contribution in [0.15, 0.2) is 30.5 Å². The summed E-state index contributed by atoms with van der Waals surface area (Å²) >= 11 is 0. The van der Waals surface area contributed by atoms with Gasteiger partial charge in [-0.2, -0.15) is 5.10 Å². The van der Waals surface area contributed by atoms with E-state index in [9.17, 15) is 0 Å². The van der Waals surface area contributed by atoms with Gasteiger partial charge in [0.25, 0.3) is 0 Å². The van der Waals surface area contributed by atoms with E-state index in [0.29, 0.717) is 0 Å². The fraction of sp³-hybridized carbons (Fsp3) is 0.438. The van der Waals surface area contributed by atoms with Gasteiger partial charge in [-0.25, -0.2) is 0 Å². The molecule has 1 N–H and O–H groups in total. The highest BCUT2D eigenvalue weighted by atomic mass is 16.5. The first-order valence-corrected chi connectivity index (χ1v) is 7.00. The van der Waals surface area contributed by atoms with E-state index in [1.807, 2.05) is 11.7 Å². The third-order valence-corrected chi connectivity index (χ3v) is 3.47. The monoisotopic (exact) mass is 273 g/mol. The van der Waals surface area contributed by atoms with Gasteiger partial charge in [-0.3, -0.25) is 4.68 Å². The minimum absolute atomic E-state index is 0.198. The van der Waals surface area contributed by atoms with Crippen molar-refractivity contribution in [2.24, 2.45) is 7.05 Å². The van der Waals surface area contributed by atoms with Crippen LogP contribution in [-0.2, 0) is 13.5 Å². The number of aromatic nitrogens is 2. The Bertz CT molecular complexity index is 563. The van der Waals surface area contributed by atoms with E-state index < -0.39 is 0 Å². The second kappa shape index (κ2) is 6.57. The lowest BCUT2D eigenvalue weighted by atomic mass is 10.0. The Balaban J connectivity index is 2.29. The second-order valence-corrected chi connectivity index (χ2v) is 5.03. The number of rotatable bonds is 6. The molecule has 0 spiro atoms. The summed E-state index contributed by atoms with van der Waals surface area (Å²) in [5.74, 6) is 0.839. The highest BCUT2D eigenvalue weighted by Gasteiger charge is 2.20. The van der Waals surface area contributed by atoms with Crippen LogP contribution in [0.5, 0.6) is 5.75 Å². The SMILES string of the molecule is CCNC(Cc1cccc(C)c1)c1c(OC)cnn1C. The van der Waals surface area contributed by atoms with Crippen LogP contribution in [0.2, 0.25) is 0 Å². The Morgan fingerprint density at radius 1 is 1.40 bits per heavy atom. The number of aryl methyl sites for hydroxylation is 2. The third-order valence-electron chi connectivity index (χ3n) is 3.47. The molecule has 4 nitrogen and oxygen atoms in total. The molecule has 1 heterocycles. The summed E-state index contributed by atoms with van der Waals surface area (Å²) in [6, 6.07) is 8.82. The molecule has 20 heavy (non-hydrogen) atoms. The number of benzene rings is 1. The normalized spacial score (nSPS) is 12.4. The molecule has 108 valence electrons. The largest absolute Gasteiger partial charge is 0.493 e. The number of likely N-dealkylation sites (N-methyl/N-ethyl adjacent to an activating group) is 1. The Kier molecular flexibility index (Phi) is 4.79. The number of methoxy groups -OCH3 is 1. The summed E-state index contributed by atoms with van der Waals surface area (Å²) in [5, 5.41) is 7.83. The smallest absolute Gasteiger partial charge is 0.161 e. The summed E-state index contributed by atoms with van der Waals surface area (Å²) in [4.78, 5) is 0. The topological polar surface area (TPSA) is 39.1 Å². The molecule has 0 fully saturated rings. The van der Waals surface area contributed by atoms with Crippen LogP contribution in [0, 0.1) is 6.92 Å². The molecule has 4 heteroatoms. The fourth-order valence-corrected chi connectivity index (χ4v) is 2.57. The summed E-state index contributed by atoms with van der Waals surface area (Å²) in [7, 11) is 3.65. The van der Waals surface area contributed by atoms with Gasteiger partial charge in [-0.1, -0.05) is 36.8 Å². The quantitative estimate of drug-likeness (QED) is 0.879. The predicted molar refractivity (Wildman–Crippen MR) is 81.1 cm³/mol. The number of hydrogen-bond acceptors (Lipinski definition) is 3. The predicted octanol–water partition coefficient (Wildman–Crippen LogP) is 2.63. The van der Waals surface area contributed by atoms with E-state index in [2.05, 4.69) is 48.5 Å². The van der Waals surface area contributed by atoms with Crippen LogP contribution >= 0.6 is 0 Å². The molecule has 2 aromatic rings. The third kappa shape index (κ3) is 3.20. The Morgan fingerprint density at radius 2 is 2.20 bits per heavy atom. The fourth-order valence-electron chi connectivity index (χ4n) is 2.57. The van der Waals surface area contributed by atoms with E-state index in [1.165, 1.54) is 11.1 Å². The van der Waals surface area contributed by atoms with Crippen LogP contribution in [-0.4, -0.2) is 23.4 Å². The van der Waals surface area contributed by atoms with E-state index in [4.69, 9.17) is 4.74 Å². The Hall–Kier alpha value is -1.81. The first kappa shape index (κ1) is 14.6. The van der Waals surface area contributed by atoms with Gasteiger partial charge < -0.3 is 10.1 Å². The lowest BCUT2D eigenvalue weighted by Crippen LogP contribution is -2.25. The van der Waals surface area contributed by atoms with E-state index in [1.54, 1.807) is 13.3 Å². The van der Waals surface area contributed by atoms with Crippen molar-refractivity contribution in [1.82, 2.24) is 15.1 Å². The van der Waals surface area contributed by atoms with Crippen LogP contribution < -0.4 is 10.1 Å². The zero-order chi connectivity index (χ0) is 14.5. The molecule has 1 atom stereocenters. The van der Waals surface area contributed by atoms with Gasteiger partial charge >= 0.3 is 0 Å². The highest BCUT2D eigenvalue weighted by Crippen LogP contribution is 2.27. The van der Waals surface area contributed by atoms with Crippen LogP contribution in [0.4, 0.5) is 0 Å². The zero-order valence-corrected chi connectivity index (χ0v) is 12.7. The van der Waals surface area contributed by atoms with Gasteiger partial charge in [-0.05, 0) is 25.5 Å². The van der Waals surface area contributed by atoms with E-state index in [0.717, 1.165) is 24.4 Å². The van der Waals surface area contributed by atoms with Crippen molar-refractivity contribution >= 4 is 0 Å². The molecule has 0 saturated carbocycles. The molecular formula is C16H23N3O. The highest BCUT2D eigenvalue weighted by molar-refractivity contribution is 5.31. The minimum atomic E-state index is 0.198. The van der Waals surface area contributed by atoms with Crippen molar-refractivity contribution in [2.45, 2.75) is 26.3 Å². The van der Waals surface area contributed by atoms with Crippen molar-refractivity contribution in [1.29, 1.82) is 0 Å². The summed E-state index contributed by atoms with van der Waals surface area (Å²) in [5.41, 5.74) is 3.70. The number of nitrogens with zero attached hydrogens (tertiary/aromatic N) is 2. The van der Waals surface area contributed by atoms with E-state index in [-0.39, 0.29) is 6.04 Å². The Morgan fingerprint density at radius 3 is 2.85 bits per heavy atom. The van der Waals surface area contributed by atoms with Crippen LogP contribution in [0.3, 0.4) is 0 Å². The van der Waals surface area contributed by atoms with Gasteiger partial charge in [0, 0.05) is 7.05 Å². The average molecular weight is 273 g/mol. The average Bonchev–Trinajstić information content (AvgIpc) is 2.79. The van der Waals surface area contributed by atoms with Crippen molar-refractivity contribution in [3.05, 3.63) is 47.3 Å². The van der Waals surface area contributed by atoms with Gasteiger partial charge in [0.05, 0.1) is 25.0 Å². The van der Waals surface area contributed by atoms with Crippen molar-refractivity contribution < 1.29 is 4.74 Å². The maximum Gasteiger partial charge on any atom is 0.161 e. The molecule has 0 aliphatic heterocycles. The molecular weight excluding hydrogens is 250 g/mol. The Labute approximate surface area is 120 Å². The van der Waals surface area contributed by atoms with Crippen molar-refractivity contribution in [3.8, 4) is 5.75 Å². The second-order valence-electron chi connectivity index (χ2n) is 5.03. The molecule has 1 aromatic heterocycles. The molecule has 0 aliphatic rings. The minimum Gasteiger partial charge on any atom is -0.493 e. The summed E-state index contributed by atoms with van der Waals surface area (Å²) in [6.45, 7) is 5.15. The molecule has 0 bridgehead atoms. The first-order chi connectivity index (χ1) is 9.65. The summed E-state index contributed by atoms with van der Waals surface area (Å²) in [6.07, 6.45) is 2.70. The molecule has 0 amide bonds. The number of hydrogen-bond donors (Lipinski definition) is 1. The van der Waals surface area contributed by atoms with E-state index >= 15 is 0 Å². The number of ether oxygens (including phenoxy) is 1. The van der Waals surface area contributed by atoms with Gasteiger partial charge in [0.15, 0.2) is 5.75 Å². The van der Waals surface area contributed by atoms with Gasteiger partial charge in [0.1, 0.15) is 0 Å². The zero-order valence-electron chi connectivity index (χ0n) is 12.7. The van der Waals surface area contributed by atoms with Gasteiger partial charge in [0.2, 0.25) is 0 Å². The van der Waals surface area contributed by atoms with Crippen molar-refractivity contribution in [3.63, 3.8) is 0 Å². The standard InChI is InChI=1S/C16H23N3O/c1-5-17-14(10-13-8-6-7-12(2)9-13)16-15(20-4)11-18-19(16)3/h6-9,11,14,17H,5,10H2,1-4H3. The summed E-state index contributed by atoms with van der Waals surface area (Å²) < 4.78 is 7.32. The molecule has 0 aliphatic carbocycles. The molecule has 1 unspecified atom stereocenters. The van der Waals surface area contributed by atoms with Crippen LogP contribution in [0.1, 0.15) is 29.8 Å². The maximum atomic E-state index is 5.43. The maximum absolute atomic E-state index is 5.43. The van der Waals surface area contributed by atoms with Gasteiger partial charge in [-0.15, -0.1) is 0 Å². The van der Waals surface area contributed by atoms with Crippen LogP contribution in [0.25, 0.3) is 0 Å². The lowest BCUT2D eigenvalue weighted by molar-refractivity contribution is 0.394. The number of nitrogens with one attached hydrogen (secondary N) is 1. The van der Waals surface area contributed by atoms with Crippen molar-refractivity contribution in [2.75, 3.05) is 13.7 Å².